The van der Waals surface area contributed by atoms with Gasteiger partial charge in [0.1, 0.15) is 4.90 Å². The summed E-state index contributed by atoms with van der Waals surface area (Å²) in [4.78, 5) is 13.9. The van der Waals surface area contributed by atoms with Gasteiger partial charge in [0.05, 0.1) is 19.9 Å². The number of amides is 1. The molecule has 2 aliphatic rings. The average molecular weight is 429 g/mol. The smallest absolute Gasteiger partial charge is 0.268 e. The molecule has 2 heterocycles. The third kappa shape index (κ3) is 3.52. The van der Waals surface area contributed by atoms with Crippen molar-refractivity contribution in [2.24, 2.45) is 0 Å². The van der Waals surface area contributed by atoms with E-state index in [0.29, 0.717) is 30.0 Å². The summed E-state index contributed by atoms with van der Waals surface area (Å²) >= 11 is 0. The van der Waals surface area contributed by atoms with Crippen molar-refractivity contribution < 1.29 is 22.7 Å². The van der Waals surface area contributed by atoms with Crippen molar-refractivity contribution in [2.75, 3.05) is 38.2 Å². The fourth-order valence-corrected chi connectivity index (χ4v) is 5.43. The predicted molar refractivity (Wildman–Crippen MR) is 114 cm³/mol. The summed E-state index contributed by atoms with van der Waals surface area (Å²) in [5, 5.41) is 0. The number of nitrogens with zero attached hydrogens (tertiary/aromatic N) is 2. The Labute approximate surface area is 176 Å². The molecule has 1 saturated heterocycles. The highest BCUT2D eigenvalue weighted by Crippen LogP contribution is 2.40. The molecule has 4 rings (SSSR count). The Kier molecular flexibility index (Phi) is 5.42. The standard InChI is InChI=1S/C22H24N2O5S/c1-28-19-14-16(8-9-21(25)23-11-5-12-23)15-20(22(19)29-2)30(26,27)24-13-10-17-6-3-4-7-18(17)24/h3-4,6-9,14-15H,5,10-13H2,1-2H3/b9-8+. The van der Waals surface area contributed by atoms with Crippen molar-refractivity contribution in [1.29, 1.82) is 0 Å². The van der Waals surface area contributed by atoms with Gasteiger partial charge in [-0.25, -0.2) is 8.42 Å². The number of methoxy groups -OCH3 is 2. The number of likely N-dealkylation sites (tertiary alicyclic amines) is 1. The van der Waals surface area contributed by atoms with Gasteiger partial charge in [-0.3, -0.25) is 9.10 Å². The fraction of sp³-hybridized carbons (Fsp3) is 0.318. The molecule has 1 amide bonds. The summed E-state index contributed by atoms with van der Waals surface area (Å²) in [5.41, 5.74) is 2.21. The van der Waals surface area contributed by atoms with Crippen molar-refractivity contribution in [2.45, 2.75) is 17.7 Å². The molecule has 0 saturated carbocycles. The van der Waals surface area contributed by atoms with E-state index in [1.807, 2.05) is 18.2 Å². The van der Waals surface area contributed by atoms with E-state index in [-0.39, 0.29) is 16.6 Å². The molecule has 0 N–H and O–H groups in total. The van der Waals surface area contributed by atoms with Gasteiger partial charge in [0.15, 0.2) is 11.5 Å². The molecule has 2 aliphatic heterocycles. The highest BCUT2D eigenvalue weighted by Gasteiger charge is 2.34. The summed E-state index contributed by atoms with van der Waals surface area (Å²) in [5.74, 6) is 0.351. The summed E-state index contributed by atoms with van der Waals surface area (Å²) in [6, 6.07) is 10.7. The topological polar surface area (TPSA) is 76.2 Å². The zero-order chi connectivity index (χ0) is 21.3. The Morgan fingerprint density at radius 2 is 1.83 bits per heavy atom. The van der Waals surface area contributed by atoms with E-state index in [0.717, 1.165) is 25.1 Å². The molecule has 0 aliphatic carbocycles. The fourth-order valence-electron chi connectivity index (χ4n) is 3.72. The van der Waals surface area contributed by atoms with Gasteiger partial charge in [-0.05, 0) is 48.2 Å². The summed E-state index contributed by atoms with van der Waals surface area (Å²) < 4.78 is 39.4. The lowest BCUT2D eigenvalue weighted by molar-refractivity contribution is -0.129. The molecule has 1 fully saturated rings. The summed E-state index contributed by atoms with van der Waals surface area (Å²) in [7, 11) is -1.03. The second kappa shape index (κ2) is 8.02. The van der Waals surface area contributed by atoms with Gasteiger partial charge in [-0.1, -0.05) is 18.2 Å². The molecule has 0 radical (unpaired) electrons. The number of carbonyl (C=O) groups is 1. The first-order valence-corrected chi connectivity index (χ1v) is 11.2. The van der Waals surface area contributed by atoms with Gasteiger partial charge in [-0.2, -0.15) is 0 Å². The quantitative estimate of drug-likeness (QED) is 0.662. The molecule has 0 atom stereocenters. The van der Waals surface area contributed by atoms with Crippen LogP contribution in [-0.4, -0.2) is 53.1 Å². The number of para-hydroxylation sites is 1. The van der Waals surface area contributed by atoms with Crippen LogP contribution in [-0.2, 0) is 21.2 Å². The van der Waals surface area contributed by atoms with E-state index in [2.05, 4.69) is 0 Å². The van der Waals surface area contributed by atoms with Crippen LogP contribution in [0.3, 0.4) is 0 Å². The zero-order valence-electron chi connectivity index (χ0n) is 17.0. The number of hydrogen-bond acceptors (Lipinski definition) is 5. The Morgan fingerprint density at radius 1 is 1.07 bits per heavy atom. The Hall–Kier alpha value is -3.00. The Balaban J connectivity index is 1.76. The van der Waals surface area contributed by atoms with Crippen LogP contribution in [0.2, 0.25) is 0 Å². The molecule has 0 aromatic heterocycles. The number of anilines is 1. The van der Waals surface area contributed by atoms with E-state index in [1.54, 1.807) is 23.1 Å². The van der Waals surface area contributed by atoms with Crippen LogP contribution in [0.25, 0.3) is 6.08 Å². The number of hydrogen-bond donors (Lipinski definition) is 0. The highest BCUT2D eigenvalue weighted by molar-refractivity contribution is 7.93. The highest BCUT2D eigenvalue weighted by atomic mass is 32.2. The minimum atomic E-state index is -3.90. The number of benzene rings is 2. The SMILES string of the molecule is COc1cc(/C=C/C(=O)N2CCC2)cc(S(=O)(=O)N2CCc3ccccc32)c1OC. The van der Waals surface area contributed by atoms with Crippen LogP contribution in [0, 0.1) is 0 Å². The molecule has 0 bridgehead atoms. The minimum Gasteiger partial charge on any atom is -0.493 e. The van der Waals surface area contributed by atoms with Crippen molar-refractivity contribution in [1.82, 2.24) is 4.90 Å². The summed E-state index contributed by atoms with van der Waals surface area (Å²) in [6.07, 6.45) is 4.73. The number of sulfonamides is 1. The summed E-state index contributed by atoms with van der Waals surface area (Å²) in [6.45, 7) is 1.87. The molecular weight excluding hydrogens is 404 g/mol. The first-order chi connectivity index (χ1) is 14.5. The normalized spacial score (nSPS) is 15.8. The van der Waals surface area contributed by atoms with E-state index >= 15 is 0 Å². The third-order valence-electron chi connectivity index (χ3n) is 5.47. The van der Waals surface area contributed by atoms with E-state index in [4.69, 9.17) is 9.47 Å². The largest absolute Gasteiger partial charge is 0.493 e. The van der Waals surface area contributed by atoms with E-state index in [9.17, 15) is 13.2 Å². The average Bonchev–Trinajstić information content (AvgIpc) is 3.15. The number of ether oxygens (including phenoxy) is 2. The molecule has 30 heavy (non-hydrogen) atoms. The van der Waals surface area contributed by atoms with Crippen LogP contribution in [0.4, 0.5) is 5.69 Å². The lowest BCUT2D eigenvalue weighted by atomic mass is 10.1. The predicted octanol–water partition coefficient (Wildman–Crippen LogP) is 2.70. The molecule has 2 aromatic carbocycles. The van der Waals surface area contributed by atoms with Crippen LogP contribution in [0.1, 0.15) is 17.5 Å². The van der Waals surface area contributed by atoms with E-state index < -0.39 is 10.0 Å². The van der Waals surface area contributed by atoms with Gasteiger partial charge < -0.3 is 14.4 Å². The van der Waals surface area contributed by atoms with Crippen LogP contribution in [0.15, 0.2) is 47.4 Å². The van der Waals surface area contributed by atoms with Crippen molar-refractivity contribution in [3.63, 3.8) is 0 Å². The maximum atomic E-state index is 13.6. The molecule has 158 valence electrons. The lowest BCUT2D eigenvalue weighted by Crippen LogP contribution is -2.40. The molecule has 8 heteroatoms. The van der Waals surface area contributed by atoms with Gasteiger partial charge in [0, 0.05) is 25.7 Å². The van der Waals surface area contributed by atoms with Crippen LogP contribution in [0.5, 0.6) is 11.5 Å². The first-order valence-electron chi connectivity index (χ1n) is 9.79. The Bertz CT molecular complexity index is 1110. The molecular formula is C22H24N2O5S. The maximum absolute atomic E-state index is 13.6. The number of rotatable bonds is 6. The van der Waals surface area contributed by atoms with Crippen molar-refractivity contribution >= 4 is 27.7 Å². The Morgan fingerprint density at radius 3 is 2.50 bits per heavy atom. The number of carbonyl (C=O) groups excluding carboxylic acids is 1. The molecule has 0 unspecified atom stereocenters. The lowest BCUT2D eigenvalue weighted by Gasteiger charge is -2.29. The van der Waals surface area contributed by atoms with E-state index in [1.165, 1.54) is 30.7 Å². The second-order valence-electron chi connectivity index (χ2n) is 7.22. The molecule has 0 spiro atoms. The van der Waals surface area contributed by atoms with Crippen LogP contribution < -0.4 is 13.8 Å². The monoisotopic (exact) mass is 428 g/mol. The van der Waals surface area contributed by atoms with Crippen molar-refractivity contribution in [3.8, 4) is 11.5 Å². The molecule has 2 aromatic rings. The third-order valence-corrected chi connectivity index (χ3v) is 7.28. The zero-order valence-corrected chi connectivity index (χ0v) is 17.8. The minimum absolute atomic E-state index is 0.0112. The van der Waals surface area contributed by atoms with Gasteiger partial charge in [-0.15, -0.1) is 0 Å². The second-order valence-corrected chi connectivity index (χ2v) is 9.05. The van der Waals surface area contributed by atoms with Crippen molar-refractivity contribution in [3.05, 3.63) is 53.6 Å². The molecule has 7 nitrogen and oxygen atoms in total. The maximum Gasteiger partial charge on any atom is 0.268 e. The van der Waals surface area contributed by atoms with Crippen LogP contribution >= 0.6 is 0 Å². The van der Waals surface area contributed by atoms with Gasteiger partial charge in [0.2, 0.25) is 5.91 Å². The first kappa shape index (κ1) is 20.3. The van der Waals surface area contributed by atoms with Gasteiger partial charge >= 0.3 is 0 Å². The van der Waals surface area contributed by atoms with Gasteiger partial charge in [0.25, 0.3) is 10.0 Å². The number of fused-ring (bicyclic) bond motifs is 1.